The van der Waals surface area contributed by atoms with Gasteiger partial charge in [-0.15, -0.1) is 0 Å². The van der Waals surface area contributed by atoms with E-state index in [4.69, 9.17) is 16.7 Å². The van der Waals surface area contributed by atoms with E-state index in [-0.39, 0.29) is 26.5 Å². The molecule has 0 amide bonds. The van der Waals surface area contributed by atoms with Crippen molar-refractivity contribution in [3.8, 4) is 0 Å². The molecule has 1 heterocycles. The molecule has 0 aromatic heterocycles. The molecule has 0 spiro atoms. The second kappa shape index (κ2) is 5.26. The molecule has 116 valence electrons. The highest BCUT2D eigenvalue weighted by Crippen LogP contribution is 2.34. The molecule has 1 N–H and O–H groups in total. The minimum absolute atomic E-state index is 0.0231. The molecule has 0 unspecified atom stereocenters. The van der Waals surface area contributed by atoms with E-state index in [1.165, 1.54) is 23.4 Å². The molecule has 1 aromatic rings. The molecule has 1 saturated heterocycles. The van der Waals surface area contributed by atoms with Crippen molar-refractivity contribution in [1.29, 1.82) is 0 Å². The Bertz CT molecular complexity index is 697. The molecule has 2 rings (SSSR count). The van der Waals surface area contributed by atoms with Gasteiger partial charge in [0.1, 0.15) is 0 Å². The molecule has 0 saturated carbocycles. The monoisotopic (exact) mass is 331 g/mol. The molecular weight excluding hydrogens is 314 g/mol. The summed E-state index contributed by atoms with van der Waals surface area (Å²) in [7, 11) is -3.73. The first-order valence-electron chi connectivity index (χ1n) is 6.58. The zero-order chi connectivity index (χ0) is 16.0. The number of rotatable bonds is 3. The highest BCUT2D eigenvalue weighted by Gasteiger charge is 2.38. The first kappa shape index (κ1) is 16.3. The van der Waals surface area contributed by atoms with Gasteiger partial charge < -0.3 is 5.11 Å². The zero-order valence-corrected chi connectivity index (χ0v) is 13.8. The third-order valence-corrected chi connectivity index (χ3v) is 6.00. The fraction of sp³-hybridized carbons (Fsp3) is 0.500. The van der Waals surface area contributed by atoms with Crippen LogP contribution in [-0.4, -0.2) is 36.9 Å². The van der Waals surface area contributed by atoms with Crippen LogP contribution in [0.5, 0.6) is 0 Å². The largest absolute Gasteiger partial charge is 0.478 e. The summed E-state index contributed by atoms with van der Waals surface area (Å²) in [6.45, 7) is 6.37. The average molecular weight is 332 g/mol. The van der Waals surface area contributed by atoms with E-state index in [1.54, 1.807) is 0 Å². The van der Waals surface area contributed by atoms with Gasteiger partial charge >= 0.3 is 5.97 Å². The lowest BCUT2D eigenvalue weighted by Crippen LogP contribution is -2.31. The molecule has 1 aromatic carbocycles. The molecule has 0 radical (unpaired) electrons. The Morgan fingerprint density at radius 2 is 2.00 bits per heavy atom. The van der Waals surface area contributed by atoms with Gasteiger partial charge in [-0.25, -0.2) is 13.2 Å². The number of halogens is 1. The lowest BCUT2D eigenvalue weighted by molar-refractivity contribution is 0.0696. The number of carboxylic acid groups (broad SMARTS) is 1. The Morgan fingerprint density at radius 3 is 2.48 bits per heavy atom. The predicted octanol–water partition coefficient (Wildman–Crippen LogP) is 2.77. The highest BCUT2D eigenvalue weighted by atomic mass is 35.5. The fourth-order valence-corrected chi connectivity index (χ4v) is 4.74. The Morgan fingerprint density at radius 1 is 1.38 bits per heavy atom. The quantitative estimate of drug-likeness (QED) is 0.924. The second-order valence-corrected chi connectivity index (χ2v) is 8.48. The second-order valence-electron chi connectivity index (χ2n) is 6.13. The van der Waals surface area contributed by atoms with Crippen molar-refractivity contribution in [2.45, 2.75) is 32.1 Å². The average Bonchev–Trinajstić information content (AvgIpc) is 2.72. The molecule has 1 aliphatic heterocycles. The first-order valence-corrected chi connectivity index (χ1v) is 8.40. The first-order chi connectivity index (χ1) is 9.54. The fourth-order valence-electron chi connectivity index (χ4n) is 2.55. The van der Waals surface area contributed by atoms with E-state index in [1.807, 2.05) is 13.8 Å². The molecule has 5 nitrogen and oxygen atoms in total. The van der Waals surface area contributed by atoms with Crippen LogP contribution in [0.2, 0.25) is 5.02 Å². The maximum absolute atomic E-state index is 12.7. The van der Waals surface area contributed by atoms with Gasteiger partial charge in [-0.1, -0.05) is 25.4 Å². The van der Waals surface area contributed by atoms with Crippen molar-refractivity contribution in [1.82, 2.24) is 4.31 Å². The molecule has 0 bridgehead atoms. The van der Waals surface area contributed by atoms with Crippen LogP contribution in [0.25, 0.3) is 0 Å². The lowest BCUT2D eigenvalue weighted by atomic mass is 9.93. The number of hydrogen-bond donors (Lipinski definition) is 1. The van der Waals surface area contributed by atoms with Crippen molar-refractivity contribution >= 4 is 27.6 Å². The van der Waals surface area contributed by atoms with Crippen molar-refractivity contribution in [3.63, 3.8) is 0 Å². The van der Waals surface area contributed by atoms with Gasteiger partial charge in [0.25, 0.3) is 0 Å². The van der Waals surface area contributed by atoms with Crippen molar-refractivity contribution in [3.05, 3.63) is 28.3 Å². The third-order valence-electron chi connectivity index (χ3n) is 3.82. The standard InChI is InChI=1S/C14H18ClNO4S/c1-9-11(13(17)18)6-10(15)7-12(9)21(19,20)16-5-4-14(2,3)8-16/h6-7H,4-5,8H2,1-3H3,(H,17,18). The molecule has 0 atom stereocenters. The van der Waals surface area contributed by atoms with Crippen molar-refractivity contribution in [2.24, 2.45) is 5.41 Å². The van der Waals surface area contributed by atoms with Gasteiger partial charge in [0.05, 0.1) is 10.5 Å². The minimum Gasteiger partial charge on any atom is -0.478 e. The van der Waals surface area contributed by atoms with E-state index < -0.39 is 16.0 Å². The van der Waals surface area contributed by atoms with E-state index in [9.17, 15) is 13.2 Å². The summed E-state index contributed by atoms with van der Waals surface area (Å²) < 4.78 is 26.9. The number of sulfonamides is 1. The number of carboxylic acids is 1. The van der Waals surface area contributed by atoms with Crippen LogP contribution < -0.4 is 0 Å². The van der Waals surface area contributed by atoms with Gasteiger partial charge in [0.2, 0.25) is 10.0 Å². The van der Waals surface area contributed by atoms with E-state index in [0.29, 0.717) is 13.1 Å². The lowest BCUT2D eigenvalue weighted by Gasteiger charge is -2.21. The number of hydrogen-bond acceptors (Lipinski definition) is 3. The summed E-state index contributed by atoms with van der Waals surface area (Å²) in [4.78, 5) is 11.2. The van der Waals surface area contributed by atoms with Crippen molar-refractivity contribution < 1.29 is 18.3 Å². The van der Waals surface area contributed by atoms with Crippen molar-refractivity contribution in [2.75, 3.05) is 13.1 Å². The summed E-state index contributed by atoms with van der Waals surface area (Å²) in [5, 5.41) is 9.27. The summed E-state index contributed by atoms with van der Waals surface area (Å²) in [5.41, 5.74) is 0.0611. The summed E-state index contributed by atoms with van der Waals surface area (Å²) in [6, 6.07) is 2.59. The predicted molar refractivity (Wildman–Crippen MR) is 80.3 cm³/mol. The third kappa shape index (κ3) is 3.07. The molecular formula is C14H18ClNO4S. The maximum Gasteiger partial charge on any atom is 0.336 e. The highest BCUT2D eigenvalue weighted by molar-refractivity contribution is 7.89. The van der Waals surface area contributed by atoms with E-state index >= 15 is 0 Å². The SMILES string of the molecule is Cc1c(C(=O)O)cc(Cl)cc1S(=O)(=O)N1CCC(C)(C)C1. The van der Waals surface area contributed by atoms with Gasteiger partial charge in [0, 0.05) is 18.1 Å². The number of aromatic carboxylic acids is 1. The molecule has 1 fully saturated rings. The number of benzene rings is 1. The van der Waals surface area contributed by atoms with Gasteiger partial charge in [0.15, 0.2) is 0 Å². The summed E-state index contributed by atoms with van der Waals surface area (Å²) in [6.07, 6.45) is 0.775. The Balaban J connectivity index is 2.53. The topological polar surface area (TPSA) is 74.7 Å². The summed E-state index contributed by atoms with van der Waals surface area (Å²) >= 11 is 5.89. The zero-order valence-electron chi connectivity index (χ0n) is 12.2. The van der Waals surface area contributed by atoms with Crippen LogP contribution in [-0.2, 0) is 10.0 Å². The summed E-state index contributed by atoms with van der Waals surface area (Å²) in [5.74, 6) is -1.19. The van der Waals surface area contributed by atoms with Crippen LogP contribution in [0.15, 0.2) is 17.0 Å². The van der Waals surface area contributed by atoms with Crippen LogP contribution in [0.4, 0.5) is 0 Å². The molecule has 21 heavy (non-hydrogen) atoms. The molecule has 1 aliphatic rings. The Hall–Kier alpha value is -1.11. The Labute approximate surface area is 129 Å². The van der Waals surface area contributed by atoms with Gasteiger partial charge in [-0.05, 0) is 36.5 Å². The number of carbonyl (C=O) groups is 1. The van der Waals surface area contributed by atoms with Crippen LogP contribution in [0.1, 0.15) is 36.2 Å². The van der Waals surface area contributed by atoms with Gasteiger partial charge in [-0.3, -0.25) is 0 Å². The Kier molecular flexibility index (Phi) is 4.08. The minimum atomic E-state index is -3.73. The number of nitrogens with zero attached hydrogens (tertiary/aromatic N) is 1. The molecule has 0 aliphatic carbocycles. The van der Waals surface area contributed by atoms with Crippen LogP contribution >= 0.6 is 11.6 Å². The smallest absolute Gasteiger partial charge is 0.336 e. The normalized spacial score (nSPS) is 18.9. The van der Waals surface area contributed by atoms with Gasteiger partial charge in [-0.2, -0.15) is 4.31 Å². The molecule has 7 heteroatoms. The maximum atomic E-state index is 12.7. The van der Waals surface area contributed by atoms with Crippen LogP contribution in [0.3, 0.4) is 0 Å². The van der Waals surface area contributed by atoms with Crippen LogP contribution in [0, 0.1) is 12.3 Å². The van der Waals surface area contributed by atoms with E-state index in [2.05, 4.69) is 0 Å². The van der Waals surface area contributed by atoms with E-state index in [0.717, 1.165) is 6.42 Å².